The van der Waals surface area contributed by atoms with Crippen molar-refractivity contribution in [1.82, 2.24) is 15.3 Å². The Morgan fingerprint density at radius 2 is 1.72 bits per heavy atom. The molecule has 0 bridgehead atoms. The van der Waals surface area contributed by atoms with Crippen molar-refractivity contribution in [3.8, 4) is 0 Å². The zero-order chi connectivity index (χ0) is 18.2. The Morgan fingerprint density at radius 1 is 1.08 bits per heavy atom. The molecule has 0 saturated carbocycles. The fraction of sp³-hybridized carbons (Fsp3) is 0.250. The zero-order valence-electron chi connectivity index (χ0n) is 13.2. The van der Waals surface area contributed by atoms with Gasteiger partial charge in [0.2, 0.25) is 0 Å². The fourth-order valence-corrected chi connectivity index (χ4v) is 2.09. The highest BCUT2D eigenvalue weighted by atomic mass is 16.6. The summed E-state index contributed by atoms with van der Waals surface area (Å²) in [6, 6.07) is 6.37. The summed E-state index contributed by atoms with van der Waals surface area (Å²) >= 11 is 0. The molecule has 9 nitrogen and oxygen atoms in total. The Balaban J connectivity index is 1.70. The van der Waals surface area contributed by atoms with E-state index in [-0.39, 0.29) is 17.1 Å². The third-order valence-electron chi connectivity index (χ3n) is 3.43. The van der Waals surface area contributed by atoms with Crippen molar-refractivity contribution in [3.63, 3.8) is 0 Å². The number of carbonyl (C=O) groups excluding carboxylic acids is 1. The third-order valence-corrected chi connectivity index (χ3v) is 3.43. The molecule has 130 valence electrons. The maximum absolute atomic E-state index is 11.8. The number of hydrogen-bond acceptors (Lipinski definition) is 6. The van der Waals surface area contributed by atoms with Crippen molar-refractivity contribution < 1.29 is 19.6 Å². The van der Waals surface area contributed by atoms with Crippen LogP contribution in [-0.2, 0) is 6.42 Å². The van der Waals surface area contributed by atoms with E-state index in [4.69, 9.17) is 5.11 Å². The van der Waals surface area contributed by atoms with Gasteiger partial charge in [0.25, 0.3) is 11.6 Å². The Bertz CT molecular complexity index is 759. The Morgan fingerprint density at radius 3 is 2.28 bits per heavy atom. The van der Waals surface area contributed by atoms with E-state index in [2.05, 4.69) is 15.3 Å². The molecule has 0 aliphatic carbocycles. The number of aromatic nitrogens is 2. The minimum Gasteiger partial charge on any atom is -0.476 e. The summed E-state index contributed by atoms with van der Waals surface area (Å²) in [6.45, 7) is 0.439. The van der Waals surface area contributed by atoms with Gasteiger partial charge in [-0.15, -0.1) is 0 Å². The van der Waals surface area contributed by atoms with Gasteiger partial charge in [-0.05, 0) is 24.8 Å². The maximum atomic E-state index is 11.8. The molecule has 2 aromatic rings. The number of carboxylic acids is 1. The topological polar surface area (TPSA) is 135 Å². The number of nitrogens with one attached hydrogen (secondary N) is 1. The molecule has 0 aliphatic heterocycles. The first kappa shape index (κ1) is 18.0. The number of carbonyl (C=O) groups is 2. The SMILES string of the molecule is O=C(O)c1cnc(C(=O)NCCCCc2ccc([N+](=O)[O-])cc2)cn1. The van der Waals surface area contributed by atoms with Gasteiger partial charge in [0.05, 0.1) is 17.3 Å². The van der Waals surface area contributed by atoms with Crippen molar-refractivity contribution in [2.45, 2.75) is 19.3 Å². The molecule has 2 N–H and O–H groups in total. The smallest absolute Gasteiger partial charge is 0.356 e. The number of hydrogen-bond donors (Lipinski definition) is 2. The van der Waals surface area contributed by atoms with Crippen LogP contribution in [0.15, 0.2) is 36.7 Å². The van der Waals surface area contributed by atoms with Gasteiger partial charge in [0.15, 0.2) is 5.69 Å². The number of rotatable bonds is 8. The lowest BCUT2D eigenvalue weighted by Crippen LogP contribution is -2.25. The van der Waals surface area contributed by atoms with Crippen molar-refractivity contribution in [2.75, 3.05) is 6.54 Å². The van der Waals surface area contributed by atoms with Crippen LogP contribution in [0.3, 0.4) is 0 Å². The molecule has 0 saturated heterocycles. The summed E-state index contributed by atoms with van der Waals surface area (Å²) < 4.78 is 0. The lowest BCUT2D eigenvalue weighted by atomic mass is 10.1. The summed E-state index contributed by atoms with van der Waals surface area (Å²) in [5.74, 6) is -1.62. The van der Waals surface area contributed by atoms with Crippen LogP contribution in [0.2, 0.25) is 0 Å². The number of aryl methyl sites for hydroxylation is 1. The first-order chi connectivity index (χ1) is 12.0. The van der Waals surface area contributed by atoms with Crippen LogP contribution < -0.4 is 5.32 Å². The fourth-order valence-electron chi connectivity index (χ4n) is 2.09. The van der Waals surface area contributed by atoms with E-state index in [1.165, 1.54) is 12.1 Å². The number of nitrogens with zero attached hydrogens (tertiary/aromatic N) is 3. The van der Waals surface area contributed by atoms with Crippen molar-refractivity contribution >= 4 is 17.6 Å². The van der Waals surface area contributed by atoms with Gasteiger partial charge in [0, 0.05) is 18.7 Å². The van der Waals surface area contributed by atoms with E-state index >= 15 is 0 Å². The van der Waals surface area contributed by atoms with E-state index in [9.17, 15) is 19.7 Å². The van der Waals surface area contributed by atoms with E-state index in [1.807, 2.05) is 0 Å². The van der Waals surface area contributed by atoms with E-state index in [0.29, 0.717) is 6.54 Å². The molecule has 25 heavy (non-hydrogen) atoms. The van der Waals surface area contributed by atoms with Crippen molar-refractivity contribution in [1.29, 1.82) is 0 Å². The van der Waals surface area contributed by atoms with E-state index < -0.39 is 16.8 Å². The molecule has 0 atom stereocenters. The second-order valence-electron chi connectivity index (χ2n) is 5.23. The van der Waals surface area contributed by atoms with Crippen LogP contribution in [-0.4, -0.2) is 38.4 Å². The van der Waals surface area contributed by atoms with Crippen LogP contribution in [0.4, 0.5) is 5.69 Å². The number of non-ortho nitro benzene ring substituents is 1. The van der Waals surface area contributed by atoms with Crippen LogP contribution in [0.5, 0.6) is 0 Å². The molecule has 1 amide bonds. The van der Waals surface area contributed by atoms with E-state index in [1.54, 1.807) is 12.1 Å². The lowest BCUT2D eigenvalue weighted by molar-refractivity contribution is -0.384. The molecule has 1 aromatic heterocycles. The van der Waals surface area contributed by atoms with Gasteiger partial charge in [0.1, 0.15) is 5.69 Å². The molecule has 1 heterocycles. The Kier molecular flexibility index (Phi) is 6.10. The number of nitro groups is 1. The molecule has 1 aromatic carbocycles. The molecule has 0 aliphatic rings. The predicted molar refractivity (Wildman–Crippen MR) is 87.4 cm³/mol. The van der Waals surface area contributed by atoms with E-state index in [0.717, 1.165) is 37.2 Å². The van der Waals surface area contributed by atoms with Gasteiger partial charge in [-0.3, -0.25) is 14.9 Å². The van der Waals surface area contributed by atoms with Crippen LogP contribution in [0.25, 0.3) is 0 Å². The van der Waals surface area contributed by atoms with Crippen LogP contribution >= 0.6 is 0 Å². The number of unbranched alkanes of at least 4 members (excludes halogenated alkanes) is 1. The molecule has 0 radical (unpaired) electrons. The molecular weight excluding hydrogens is 328 g/mol. The largest absolute Gasteiger partial charge is 0.476 e. The number of benzene rings is 1. The average Bonchev–Trinajstić information content (AvgIpc) is 2.61. The lowest BCUT2D eigenvalue weighted by Gasteiger charge is -2.05. The minimum absolute atomic E-state index is 0.0559. The average molecular weight is 344 g/mol. The van der Waals surface area contributed by atoms with Crippen LogP contribution in [0, 0.1) is 10.1 Å². The van der Waals surface area contributed by atoms with Crippen molar-refractivity contribution in [2.24, 2.45) is 0 Å². The molecular formula is C16H16N4O5. The quantitative estimate of drug-likeness (QED) is 0.423. The second kappa shape index (κ2) is 8.48. The highest BCUT2D eigenvalue weighted by molar-refractivity contribution is 5.92. The molecule has 9 heteroatoms. The van der Waals surface area contributed by atoms with Gasteiger partial charge >= 0.3 is 5.97 Å². The first-order valence-electron chi connectivity index (χ1n) is 7.54. The van der Waals surface area contributed by atoms with Gasteiger partial charge in [-0.1, -0.05) is 12.1 Å². The van der Waals surface area contributed by atoms with Crippen LogP contribution in [0.1, 0.15) is 39.4 Å². The first-order valence-corrected chi connectivity index (χ1v) is 7.54. The Hall–Kier alpha value is -3.36. The second-order valence-corrected chi connectivity index (χ2v) is 5.23. The highest BCUT2D eigenvalue weighted by Crippen LogP contribution is 2.13. The number of amides is 1. The minimum atomic E-state index is -1.20. The number of aromatic carboxylic acids is 1. The number of carboxylic acid groups (broad SMARTS) is 1. The Labute approximate surface area is 142 Å². The van der Waals surface area contributed by atoms with Gasteiger partial charge in [-0.2, -0.15) is 0 Å². The molecule has 2 rings (SSSR count). The highest BCUT2D eigenvalue weighted by Gasteiger charge is 2.10. The third kappa shape index (κ3) is 5.34. The predicted octanol–water partition coefficient (Wildman–Crippen LogP) is 1.84. The maximum Gasteiger partial charge on any atom is 0.356 e. The summed E-state index contributed by atoms with van der Waals surface area (Å²) in [5, 5.41) is 22.0. The van der Waals surface area contributed by atoms with Gasteiger partial charge < -0.3 is 10.4 Å². The molecule has 0 fully saturated rings. The molecule has 0 unspecified atom stereocenters. The van der Waals surface area contributed by atoms with Crippen molar-refractivity contribution in [3.05, 3.63) is 63.7 Å². The summed E-state index contributed by atoms with van der Waals surface area (Å²) in [7, 11) is 0. The zero-order valence-corrected chi connectivity index (χ0v) is 13.2. The standard InChI is InChI=1S/C16H16N4O5/c21-15(13-9-19-14(10-18-13)16(22)23)17-8-2-1-3-11-4-6-12(7-5-11)20(24)25/h4-7,9-10H,1-3,8H2,(H,17,21)(H,22,23). The summed E-state index contributed by atoms with van der Waals surface area (Å²) in [6.07, 6.45) is 4.44. The number of nitro benzene ring substituents is 1. The van der Waals surface area contributed by atoms with Gasteiger partial charge in [-0.25, -0.2) is 14.8 Å². The normalized spacial score (nSPS) is 10.2. The molecule has 0 spiro atoms. The summed E-state index contributed by atoms with van der Waals surface area (Å²) in [4.78, 5) is 40.0. The monoisotopic (exact) mass is 344 g/mol. The summed E-state index contributed by atoms with van der Waals surface area (Å²) in [5.41, 5.74) is 0.887.